The minimum Gasteiger partial charge on any atom is -0.343 e. The van der Waals surface area contributed by atoms with Crippen molar-refractivity contribution in [3.63, 3.8) is 0 Å². The summed E-state index contributed by atoms with van der Waals surface area (Å²) in [5.41, 5.74) is -0.723. The summed E-state index contributed by atoms with van der Waals surface area (Å²) >= 11 is 0. The first-order valence-electron chi connectivity index (χ1n) is 7.11. The van der Waals surface area contributed by atoms with Crippen LogP contribution in [0.2, 0.25) is 0 Å². The van der Waals surface area contributed by atoms with Gasteiger partial charge in [-0.05, 0) is 11.6 Å². The average molecular weight is 351 g/mol. The number of nitrogens with zero attached hydrogens (tertiary/aromatic N) is 5. The van der Waals surface area contributed by atoms with Crippen molar-refractivity contribution >= 4 is 5.91 Å². The molecule has 8 nitrogen and oxygen atoms in total. The Kier molecular flexibility index (Phi) is 4.46. The lowest BCUT2D eigenvalue weighted by Gasteiger charge is -2.12. The zero-order valence-electron chi connectivity index (χ0n) is 12.7. The molecule has 2 aromatic heterocycles. The van der Waals surface area contributed by atoms with Gasteiger partial charge in [-0.3, -0.25) is 9.89 Å². The predicted octanol–water partition coefficient (Wildman–Crippen LogP) is 1.39. The van der Waals surface area contributed by atoms with E-state index in [4.69, 9.17) is 0 Å². The first kappa shape index (κ1) is 16.6. The smallest absolute Gasteiger partial charge is 0.343 e. The molecule has 2 heterocycles. The van der Waals surface area contributed by atoms with E-state index in [1.54, 1.807) is 0 Å². The minimum atomic E-state index is -4.46. The van der Waals surface area contributed by atoms with Crippen molar-refractivity contribution < 1.29 is 18.0 Å². The van der Waals surface area contributed by atoms with E-state index in [1.165, 1.54) is 35.4 Å². The van der Waals surface area contributed by atoms with E-state index in [1.807, 2.05) is 0 Å². The maximum absolute atomic E-state index is 13.0. The second-order valence-corrected chi connectivity index (χ2v) is 5.07. The molecule has 25 heavy (non-hydrogen) atoms. The Morgan fingerprint density at radius 3 is 2.80 bits per heavy atom. The molecule has 0 aliphatic heterocycles. The Labute approximate surface area is 139 Å². The van der Waals surface area contributed by atoms with E-state index in [-0.39, 0.29) is 24.3 Å². The molecule has 0 aliphatic rings. The van der Waals surface area contributed by atoms with Crippen LogP contribution in [0.1, 0.15) is 27.4 Å². The highest BCUT2D eigenvalue weighted by molar-refractivity contribution is 5.91. The first-order valence-corrected chi connectivity index (χ1v) is 7.11. The number of benzene rings is 1. The van der Waals surface area contributed by atoms with Gasteiger partial charge >= 0.3 is 6.18 Å². The van der Waals surface area contributed by atoms with Crippen molar-refractivity contribution in [2.24, 2.45) is 0 Å². The second-order valence-electron chi connectivity index (χ2n) is 5.07. The number of halogens is 3. The number of aromatic nitrogens is 6. The molecule has 0 bridgehead atoms. The normalized spacial score (nSPS) is 11.5. The Morgan fingerprint density at radius 2 is 2.08 bits per heavy atom. The van der Waals surface area contributed by atoms with Crippen molar-refractivity contribution in [1.29, 1.82) is 0 Å². The van der Waals surface area contributed by atoms with Gasteiger partial charge in [-0.2, -0.15) is 18.3 Å². The first-order chi connectivity index (χ1) is 11.9. The van der Waals surface area contributed by atoms with Crippen LogP contribution in [0.3, 0.4) is 0 Å². The van der Waals surface area contributed by atoms with Crippen LogP contribution in [0.15, 0.2) is 36.8 Å². The van der Waals surface area contributed by atoms with Crippen LogP contribution in [-0.4, -0.2) is 36.1 Å². The number of carbonyl (C=O) groups is 1. The third kappa shape index (κ3) is 4.00. The van der Waals surface area contributed by atoms with Gasteiger partial charge in [0.05, 0.1) is 24.8 Å². The Morgan fingerprint density at radius 1 is 1.28 bits per heavy atom. The van der Waals surface area contributed by atoms with Crippen molar-refractivity contribution in [3.05, 3.63) is 59.4 Å². The monoisotopic (exact) mass is 351 g/mol. The third-order valence-corrected chi connectivity index (χ3v) is 3.31. The lowest BCUT2D eigenvalue weighted by molar-refractivity contribution is -0.138. The minimum absolute atomic E-state index is 0.0102. The van der Waals surface area contributed by atoms with Gasteiger partial charge in [0.1, 0.15) is 12.2 Å². The van der Waals surface area contributed by atoms with Gasteiger partial charge in [-0.1, -0.05) is 23.4 Å². The van der Waals surface area contributed by atoms with Gasteiger partial charge < -0.3 is 5.32 Å². The molecular weight excluding hydrogens is 339 g/mol. The van der Waals surface area contributed by atoms with E-state index >= 15 is 0 Å². The number of hydrogen-bond donors (Lipinski definition) is 2. The predicted molar refractivity (Wildman–Crippen MR) is 78.1 cm³/mol. The lowest BCUT2D eigenvalue weighted by Crippen LogP contribution is -2.23. The highest BCUT2D eigenvalue weighted by Crippen LogP contribution is 2.32. The molecular formula is C14H12F3N7O. The van der Waals surface area contributed by atoms with Crippen molar-refractivity contribution in [1.82, 2.24) is 35.5 Å². The molecule has 3 aromatic rings. The number of alkyl halides is 3. The van der Waals surface area contributed by atoms with E-state index in [0.717, 1.165) is 6.07 Å². The number of hydrogen-bond acceptors (Lipinski definition) is 5. The van der Waals surface area contributed by atoms with Crippen LogP contribution in [0.4, 0.5) is 13.2 Å². The van der Waals surface area contributed by atoms with E-state index in [2.05, 4.69) is 30.8 Å². The van der Waals surface area contributed by atoms with E-state index in [9.17, 15) is 18.0 Å². The van der Waals surface area contributed by atoms with Crippen LogP contribution in [0.25, 0.3) is 0 Å². The summed E-state index contributed by atoms with van der Waals surface area (Å²) in [5.74, 6) is -0.0633. The van der Waals surface area contributed by atoms with E-state index < -0.39 is 17.6 Å². The zero-order chi connectivity index (χ0) is 17.9. The fraction of sp³-hybridized carbons (Fsp3) is 0.214. The Balaban J connectivity index is 1.69. The third-order valence-electron chi connectivity index (χ3n) is 3.31. The number of rotatable bonds is 5. The van der Waals surface area contributed by atoms with Gasteiger partial charge in [0.2, 0.25) is 0 Å². The Hall–Kier alpha value is -3.24. The largest absolute Gasteiger partial charge is 0.416 e. The molecule has 130 valence electrons. The van der Waals surface area contributed by atoms with Gasteiger partial charge in [-0.15, -0.1) is 5.10 Å². The zero-order valence-corrected chi connectivity index (χ0v) is 12.7. The highest BCUT2D eigenvalue weighted by Gasteiger charge is 2.33. The molecule has 2 N–H and O–H groups in total. The average Bonchev–Trinajstić information content (AvgIpc) is 3.24. The number of H-pyrrole nitrogens is 1. The van der Waals surface area contributed by atoms with E-state index in [0.29, 0.717) is 5.82 Å². The molecule has 0 aliphatic carbocycles. The summed E-state index contributed by atoms with van der Waals surface area (Å²) in [6.07, 6.45) is -1.88. The molecule has 0 unspecified atom stereocenters. The molecule has 0 spiro atoms. The molecule has 0 saturated carbocycles. The molecule has 0 saturated heterocycles. The summed E-state index contributed by atoms with van der Waals surface area (Å²) in [6.45, 7) is -0.0410. The molecule has 11 heteroatoms. The SMILES string of the molecule is O=C(NCc1ncn[nH]1)c1cn(Cc2ccccc2C(F)(F)F)nn1. The summed E-state index contributed by atoms with van der Waals surface area (Å²) in [4.78, 5) is 15.8. The summed E-state index contributed by atoms with van der Waals surface area (Å²) in [5, 5.41) is 16.1. The molecule has 3 rings (SSSR count). The number of aromatic amines is 1. The number of nitrogens with one attached hydrogen (secondary N) is 2. The van der Waals surface area contributed by atoms with Crippen molar-refractivity contribution in [3.8, 4) is 0 Å². The van der Waals surface area contributed by atoms with Crippen LogP contribution in [-0.2, 0) is 19.3 Å². The summed E-state index contributed by atoms with van der Waals surface area (Å²) in [7, 11) is 0. The number of carbonyl (C=O) groups excluding carboxylic acids is 1. The molecule has 0 fully saturated rings. The fourth-order valence-corrected chi connectivity index (χ4v) is 2.16. The van der Waals surface area contributed by atoms with Crippen LogP contribution in [0, 0.1) is 0 Å². The highest BCUT2D eigenvalue weighted by atomic mass is 19.4. The van der Waals surface area contributed by atoms with Crippen LogP contribution >= 0.6 is 0 Å². The van der Waals surface area contributed by atoms with Crippen molar-refractivity contribution in [2.75, 3.05) is 0 Å². The lowest BCUT2D eigenvalue weighted by atomic mass is 10.1. The fourth-order valence-electron chi connectivity index (χ4n) is 2.16. The van der Waals surface area contributed by atoms with Crippen LogP contribution in [0.5, 0.6) is 0 Å². The number of amides is 1. The topological polar surface area (TPSA) is 101 Å². The molecule has 1 amide bonds. The van der Waals surface area contributed by atoms with Crippen LogP contribution < -0.4 is 5.32 Å². The Bertz CT molecular complexity index is 857. The molecule has 1 aromatic carbocycles. The quantitative estimate of drug-likeness (QED) is 0.723. The van der Waals surface area contributed by atoms with Gasteiger partial charge in [0, 0.05) is 0 Å². The maximum Gasteiger partial charge on any atom is 0.416 e. The van der Waals surface area contributed by atoms with Gasteiger partial charge in [0.25, 0.3) is 5.91 Å². The van der Waals surface area contributed by atoms with Gasteiger partial charge in [0.15, 0.2) is 5.69 Å². The summed E-state index contributed by atoms with van der Waals surface area (Å²) in [6, 6.07) is 5.17. The maximum atomic E-state index is 13.0. The molecule has 0 atom stereocenters. The van der Waals surface area contributed by atoms with Crippen molar-refractivity contribution in [2.45, 2.75) is 19.3 Å². The molecule has 0 radical (unpaired) electrons. The van der Waals surface area contributed by atoms with Gasteiger partial charge in [-0.25, -0.2) is 9.67 Å². The summed E-state index contributed by atoms with van der Waals surface area (Å²) < 4.78 is 40.2. The standard InChI is InChI=1S/C14H12F3N7O/c15-14(16,17)10-4-2-1-3-9(10)6-24-7-11(21-23-24)13(25)18-5-12-19-8-20-22-12/h1-4,7-8H,5-6H2,(H,18,25)(H,19,20,22). The second kappa shape index (κ2) is 6.71.